The van der Waals surface area contributed by atoms with Crippen molar-refractivity contribution in [1.29, 1.82) is 0 Å². The molecule has 36 heavy (non-hydrogen) atoms. The van der Waals surface area contributed by atoms with Gasteiger partial charge in [-0.25, -0.2) is 14.4 Å². The van der Waals surface area contributed by atoms with Crippen molar-refractivity contribution in [3.8, 4) is 10.4 Å². The number of rotatable bonds is 4. The van der Waals surface area contributed by atoms with Crippen LogP contribution < -0.4 is 4.90 Å². The van der Waals surface area contributed by atoms with Crippen molar-refractivity contribution in [2.24, 2.45) is 5.41 Å². The third-order valence-electron chi connectivity index (χ3n) is 7.57. The van der Waals surface area contributed by atoms with Crippen molar-refractivity contribution < 1.29 is 14.1 Å². The maximum Gasteiger partial charge on any atom is 0.340 e. The van der Waals surface area contributed by atoms with Crippen molar-refractivity contribution in [2.75, 3.05) is 24.5 Å². The van der Waals surface area contributed by atoms with Gasteiger partial charge in [-0.1, -0.05) is 24.3 Å². The number of nitrogens with zero attached hydrogens (tertiary/aromatic N) is 5. The summed E-state index contributed by atoms with van der Waals surface area (Å²) in [6, 6.07) is 14.6. The maximum absolute atomic E-state index is 13.9. The first-order valence-electron chi connectivity index (χ1n) is 12.5. The summed E-state index contributed by atoms with van der Waals surface area (Å²) in [4.78, 5) is 17.4. The Bertz CT molecular complexity index is 1460. The molecule has 2 aromatic carbocycles. The summed E-state index contributed by atoms with van der Waals surface area (Å²) >= 11 is 1.58. The molecule has 0 aliphatic carbocycles. The van der Waals surface area contributed by atoms with E-state index in [1.54, 1.807) is 23.5 Å². The van der Waals surface area contributed by atoms with E-state index in [0.29, 0.717) is 12.4 Å². The van der Waals surface area contributed by atoms with Crippen LogP contribution >= 0.6 is 11.3 Å². The molecule has 1 spiro atoms. The molecule has 1 fully saturated rings. The summed E-state index contributed by atoms with van der Waals surface area (Å²) in [6.07, 6.45) is 5.61. The second-order valence-electron chi connectivity index (χ2n) is 9.85. The third-order valence-corrected chi connectivity index (χ3v) is 8.63. The fourth-order valence-electron chi connectivity index (χ4n) is 5.67. The smallest absolute Gasteiger partial charge is 0.340 e. The Balaban J connectivity index is 1.23. The summed E-state index contributed by atoms with van der Waals surface area (Å²) in [5, 5.41) is 12.5. The molecule has 6 nitrogen and oxygen atoms in total. The Morgan fingerprint density at radius 2 is 1.86 bits per heavy atom. The molecule has 2 aromatic heterocycles. The first-order valence-corrected chi connectivity index (χ1v) is 13.3. The van der Waals surface area contributed by atoms with Crippen LogP contribution in [-0.4, -0.2) is 50.2 Å². The predicted octanol–water partition coefficient (Wildman–Crippen LogP) is 5.75. The lowest BCUT2D eigenvalue weighted by Gasteiger charge is -2.41. The summed E-state index contributed by atoms with van der Waals surface area (Å²) in [5.41, 5.74) is 3.32. The maximum atomic E-state index is 13.9. The van der Waals surface area contributed by atoms with E-state index in [0.717, 1.165) is 83.3 Å². The number of anilines is 1. The number of para-hydroxylation sites is 2. The van der Waals surface area contributed by atoms with E-state index >= 15 is 0 Å². The lowest BCUT2D eigenvalue weighted by molar-refractivity contribution is -0.562. The summed E-state index contributed by atoms with van der Waals surface area (Å²) < 4.78 is 16.0. The van der Waals surface area contributed by atoms with Crippen LogP contribution in [0.4, 0.5) is 10.2 Å². The molecular weight excluding hydrogens is 473 g/mol. The fourth-order valence-corrected chi connectivity index (χ4v) is 6.59. The zero-order chi connectivity index (χ0) is 24.7. The van der Waals surface area contributed by atoms with Crippen LogP contribution in [0.25, 0.3) is 21.5 Å². The van der Waals surface area contributed by atoms with E-state index in [1.165, 1.54) is 6.07 Å². The van der Waals surface area contributed by atoms with Crippen molar-refractivity contribution in [2.45, 2.75) is 39.2 Å². The highest BCUT2D eigenvalue weighted by Crippen LogP contribution is 2.41. The standard InChI is InChI=1S/C28H28FN5OS/c1-19-31-24(26(36-19)20-6-4-7-21(29)16-20)18-34-13-5-10-28(27(34)35)11-14-33(15-12-28)25-17-30-22-8-2-3-9-23(22)32-25/h2-4,6-9,16-17H,5,10-15,18H2,1H3/p+1. The molecule has 4 aromatic rings. The van der Waals surface area contributed by atoms with Gasteiger partial charge in [0.15, 0.2) is 6.54 Å². The van der Waals surface area contributed by atoms with Gasteiger partial charge in [-0.15, -0.1) is 11.3 Å². The number of fused-ring (bicyclic) bond motifs is 1. The van der Waals surface area contributed by atoms with Crippen LogP contribution in [0, 0.1) is 18.2 Å². The molecule has 2 aliphatic heterocycles. The van der Waals surface area contributed by atoms with Crippen LogP contribution in [0.1, 0.15) is 36.4 Å². The van der Waals surface area contributed by atoms with Crippen LogP contribution in [0.15, 0.2) is 54.7 Å². The summed E-state index contributed by atoms with van der Waals surface area (Å²) in [6.45, 7) is 4.96. The van der Waals surface area contributed by atoms with Gasteiger partial charge in [0.05, 0.1) is 32.5 Å². The van der Waals surface area contributed by atoms with Gasteiger partial charge in [0.1, 0.15) is 23.9 Å². The quantitative estimate of drug-likeness (QED) is 0.360. The number of hydrogen-bond donors (Lipinski definition) is 1. The third kappa shape index (κ3) is 4.23. The number of aliphatic hydroxyl groups excluding tert-OH is 1. The molecule has 2 aliphatic rings. The second kappa shape index (κ2) is 9.24. The van der Waals surface area contributed by atoms with Crippen molar-refractivity contribution in [3.63, 3.8) is 0 Å². The zero-order valence-corrected chi connectivity index (χ0v) is 21.1. The molecule has 0 saturated carbocycles. The lowest BCUT2D eigenvalue weighted by Crippen LogP contribution is -2.50. The molecule has 8 heteroatoms. The first kappa shape index (κ1) is 23.0. The van der Waals surface area contributed by atoms with Crippen LogP contribution in [0.2, 0.25) is 0 Å². The number of hydrogen-bond acceptors (Lipinski definition) is 5. The average molecular weight is 503 g/mol. The van der Waals surface area contributed by atoms with E-state index in [1.807, 2.05) is 43.5 Å². The number of piperidine rings is 1. The number of thiazole rings is 1. The zero-order valence-electron chi connectivity index (χ0n) is 20.3. The Kier molecular flexibility index (Phi) is 5.91. The molecule has 6 rings (SSSR count). The number of aromatic nitrogens is 3. The van der Waals surface area contributed by atoms with Gasteiger partial charge >= 0.3 is 5.90 Å². The van der Waals surface area contributed by atoms with E-state index in [4.69, 9.17) is 9.97 Å². The minimum absolute atomic E-state index is 0.219. The molecule has 1 saturated heterocycles. The molecule has 184 valence electrons. The Morgan fingerprint density at radius 1 is 1.06 bits per heavy atom. The number of halogens is 1. The molecule has 4 heterocycles. The summed E-state index contributed by atoms with van der Waals surface area (Å²) in [7, 11) is 0. The molecule has 0 bridgehead atoms. The molecule has 1 N–H and O–H groups in total. The van der Waals surface area contributed by atoms with E-state index in [9.17, 15) is 9.50 Å². The normalized spacial score (nSPS) is 17.8. The van der Waals surface area contributed by atoms with Gasteiger partial charge < -0.3 is 10.0 Å². The molecular formula is C28H29FN5OS+. The Hall–Kier alpha value is -3.39. The highest BCUT2D eigenvalue weighted by Gasteiger charge is 2.47. The van der Waals surface area contributed by atoms with Gasteiger partial charge in [-0.3, -0.25) is 4.98 Å². The topological polar surface area (TPSA) is 65.2 Å². The first-order chi connectivity index (χ1) is 17.5. The van der Waals surface area contributed by atoms with Gasteiger partial charge in [0.2, 0.25) is 0 Å². The van der Waals surface area contributed by atoms with Gasteiger partial charge in [0.25, 0.3) is 0 Å². The lowest BCUT2D eigenvalue weighted by atomic mass is 9.73. The van der Waals surface area contributed by atoms with Crippen molar-refractivity contribution >= 4 is 34.1 Å². The highest BCUT2D eigenvalue weighted by molar-refractivity contribution is 7.15. The number of aliphatic hydroxyl groups is 1. The summed E-state index contributed by atoms with van der Waals surface area (Å²) in [5.74, 6) is 1.13. The van der Waals surface area contributed by atoms with Crippen molar-refractivity contribution in [1.82, 2.24) is 15.0 Å². The minimum Gasteiger partial charge on any atom is -0.463 e. The number of aryl methyl sites for hydroxylation is 1. The average Bonchev–Trinajstić information content (AvgIpc) is 3.27. The van der Waals surface area contributed by atoms with E-state index < -0.39 is 0 Å². The van der Waals surface area contributed by atoms with Gasteiger partial charge in [0, 0.05) is 19.5 Å². The van der Waals surface area contributed by atoms with Crippen LogP contribution in [-0.2, 0) is 6.54 Å². The second-order valence-corrected chi connectivity index (χ2v) is 11.1. The fraction of sp³-hybridized carbons (Fsp3) is 0.357. The highest BCUT2D eigenvalue weighted by atomic mass is 32.1. The molecule has 0 amide bonds. The largest absolute Gasteiger partial charge is 0.463 e. The predicted molar refractivity (Wildman–Crippen MR) is 141 cm³/mol. The molecule has 0 radical (unpaired) electrons. The van der Waals surface area contributed by atoms with Gasteiger partial charge in [-0.2, -0.15) is 4.58 Å². The van der Waals surface area contributed by atoms with E-state index in [-0.39, 0.29) is 11.2 Å². The van der Waals surface area contributed by atoms with Crippen molar-refractivity contribution in [3.05, 3.63) is 71.2 Å². The van der Waals surface area contributed by atoms with Gasteiger partial charge in [-0.05, 0) is 56.0 Å². The van der Waals surface area contributed by atoms with Crippen LogP contribution in [0.3, 0.4) is 0 Å². The SMILES string of the molecule is Cc1nc(C[N+]2=C(O)C3(CCC2)CCN(c2cnc4ccccc4n2)CC3)c(-c2cccc(F)c2)s1. The minimum atomic E-state index is -0.251. The van der Waals surface area contributed by atoms with E-state index in [2.05, 4.69) is 14.5 Å². The van der Waals surface area contributed by atoms with Crippen LogP contribution in [0.5, 0.6) is 0 Å². The Morgan fingerprint density at radius 3 is 2.67 bits per heavy atom. The molecule has 0 unspecified atom stereocenters. The monoisotopic (exact) mass is 502 g/mol. The molecule has 0 atom stereocenters. The number of benzene rings is 2. The Labute approximate surface area is 213 Å².